The molecule has 1 heterocycles. The minimum Gasteiger partial charge on any atom is -0.345 e. The first-order valence-electron chi connectivity index (χ1n) is 3.96. The van der Waals surface area contributed by atoms with Crippen molar-refractivity contribution in [1.82, 2.24) is 15.3 Å². The number of carbonyl (C=O) groups is 2. The SMILES string of the molecule is CC(=O)CNC(=O)c1c(Cl)ncnc1Cl. The van der Waals surface area contributed by atoms with E-state index in [-0.39, 0.29) is 28.2 Å². The van der Waals surface area contributed by atoms with Crippen molar-refractivity contribution < 1.29 is 9.59 Å². The third-order valence-electron chi connectivity index (χ3n) is 1.48. The highest BCUT2D eigenvalue weighted by atomic mass is 35.5. The number of rotatable bonds is 3. The van der Waals surface area contributed by atoms with Gasteiger partial charge in [0.25, 0.3) is 5.91 Å². The smallest absolute Gasteiger partial charge is 0.257 e. The molecule has 0 saturated heterocycles. The molecule has 1 aromatic rings. The van der Waals surface area contributed by atoms with E-state index in [1.165, 1.54) is 6.92 Å². The molecule has 1 amide bonds. The van der Waals surface area contributed by atoms with Crippen LogP contribution in [0.25, 0.3) is 0 Å². The van der Waals surface area contributed by atoms with Crippen molar-refractivity contribution in [2.75, 3.05) is 6.54 Å². The minimum atomic E-state index is -0.569. The van der Waals surface area contributed by atoms with Crippen molar-refractivity contribution in [2.24, 2.45) is 0 Å². The zero-order chi connectivity index (χ0) is 11.4. The average Bonchev–Trinajstić information content (AvgIpc) is 2.14. The van der Waals surface area contributed by atoms with Gasteiger partial charge in [-0.05, 0) is 6.92 Å². The zero-order valence-corrected chi connectivity index (χ0v) is 9.26. The molecular formula is C8H7Cl2N3O2. The first-order chi connectivity index (χ1) is 7.02. The summed E-state index contributed by atoms with van der Waals surface area (Å²) in [5, 5.41) is 2.25. The maximum atomic E-state index is 11.5. The molecule has 7 heteroatoms. The van der Waals surface area contributed by atoms with Gasteiger partial charge >= 0.3 is 0 Å². The molecule has 0 aliphatic rings. The summed E-state index contributed by atoms with van der Waals surface area (Å²) in [6.45, 7) is 1.27. The highest BCUT2D eigenvalue weighted by Crippen LogP contribution is 2.18. The fourth-order valence-electron chi connectivity index (χ4n) is 0.825. The molecule has 0 aliphatic heterocycles. The summed E-state index contributed by atoms with van der Waals surface area (Å²) in [6.07, 6.45) is 1.15. The van der Waals surface area contributed by atoms with Gasteiger partial charge < -0.3 is 5.32 Å². The molecule has 0 spiro atoms. The lowest BCUT2D eigenvalue weighted by Crippen LogP contribution is -2.29. The fourth-order valence-corrected chi connectivity index (χ4v) is 1.31. The predicted molar refractivity (Wildman–Crippen MR) is 55.1 cm³/mol. The number of aromatic nitrogens is 2. The summed E-state index contributed by atoms with van der Waals surface area (Å²) in [5.41, 5.74) is -0.0258. The molecular weight excluding hydrogens is 241 g/mol. The third kappa shape index (κ3) is 3.14. The summed E-state index contributed by atoms with van der Waals surface area (Å²) in [5.74, 6) is -0.742. The average molecular weight is 248 g/mol. The van der Waals surface area contributed by atoms with Gasteiger partial charge in [-0.15, -0.1) is 0 Å². The normalized spacial score (nSPS) is 9.80. The van der Waals surface area contributed by atoms with E-state index in [4.69, 9.17) is 23.2 Å². The van der Waals surface area contributed by atoms with Gasteiger partial charge in [-0.1, -0.05) is 23.2 Å². The van der Waals surface area contributed by atoms with E-state index in [1.807, 2.05) is 0 Å². The monoisotopic (exact) mass is 247 g/mol. The van der Waals surface area contributed by atoms with E-state index in [0.29, 0.717) is 0 Å². The molecule has 0 aromatic carbocycles. The van der Waals surface area contributed by atoms with E-state index in [0.717, 1.165) is 6.33 Å². The van der Waals surface area contributed by atoms with Gasteiger partial charge in [-0.2, -0.15) is 0 Å². The minimum absolute atomic E-state index is 0.0258. The fraction of sp³-hybridized carbons (Fsp3) is 0.250. The quantitative estimate of drug-likeness (QED) is 0.813. The van der Waals surface area contributed by atoms with Crippen LogP contribution in [0.15, 0.2) is 6.33 Å². The second kappa shape index (κ2) is 5.04. The summed E-state index contributed by atoms with van der Waals surface area (Å²) in [6, 6.07) is 0. The topological polar surface area (TPSA) is 72.0 Å². The van der Waals surface area contributed by atoms with Crippen molar-refractivity contribution in [1.29, 1.82) is 0 Å². The highest BCUT2D eigenvalue weighted by molar-refractivity contribution is 6.38. The molecule has 1 N–H and O–H groups in total. The van der Waals surface area contributed by atoms with Crippen LogP contribution in [0.3, 0.4) is 0 Å². The molecule has 0 radical (unpaired) electrons. The van der Waals surface area contributed by atoms with Crippen LogP contribution in [0.4, 0.5) is 0 Å². The molecule has 1 rings (SSSR count). The zero-order valence-electron chi connectivity index (χ0n) is 7.75. The van der Waals surface area contributed by atoms with Crippen LogP contribution in [-0.4, -0.2) is 28.2 Å². The maximum absolute atomic E-state index is 11.5. The Morgan fingerprint density at radius 2 is 1.87 bits per heavy atom. The van der Waals surface area contributed by atoms with Crippen molar-refractivity contribution >= 4 is 34.9 Å². The Balaban J connectivity index is 2.86. The second-order valence-corrected chi connectivity index (χ2v) is 3.43. The number of ketones is 1. The Hall–Kier alpha value is -1.20. The van der Waals surface area contributed by atoms with Crippen LogP contribution in [-0.2, 0) is 4.79 Å². The number of nitrogens with one attached hydrogen (secondary N) is 1. The lowest BCUT2D eigenvalue weighted by molar-refractivity contribution is -0.116. The van der Waals surface area contributed by atoms with Gasteiger partial charge in [-0.3, -0.25) is 9.59 Å². The number of hydrogen-bond acceptors (Lipinski definition) is 4. The van der Waals surface area contributed by atoms with Gasteiger partial charge in [0, 0.05) is 0 Å². The number of carbonyl (C=O) groups excluding carboxylic acids is 2. The van der Waals surface area contributed by atoms with Crippen LogP contribution in [0, 0.1) is 0 Å². The van der Waals surface area contributed by atoms with Crippen LogP contribution in [0.5, 0.6) is 0 Å². The molecule has 5 nitrogen and oxygen atoms in total. The van der Waals surface area contributed by atoms with E-state index in [9.17, 15) is 9.59 Å². The first kappa shape index (κ1) is 11.9. The molecule has 1 aromatic heterocycles. The standard InChI is InChI=1S/C8H7Cl2N3O2/c1-4(14)2-11-8(15)5-6(9)12-3-13-7(5)10/h3H,2H2,1H3,(H,11,15). The lowest BCUT2D eigenvalue weighted by Gasteiger charge is -2.04. The van der Waals surface area contributed by atoms with E-state index in [2.05, 4.69) is 15.3 Å². The lowest BCUT2D eigenvalue weighted by atomic mass is 10.3. The van der Waals surface area contributed by atoms with Gasteiger partial charge in [0.15, 0.2) is 0 Å². The number of Topliss-reactive ketones (excluding diaryl/α,β-unsaturated/α-hetero) is 1. The van der Waals surface area contributed by atoms with Crippen LogP contribution in [0.1, 0.15) is 17.3 Å². The highest BCUT2D eigenvalue weighted by Gasteiger charge is 2.16. The molecule has 0 bridgehead atoms. The number of nitrogens with zero attached hydrogens (tertiary/aromatic N) is 2. The molecule has 0 aliphatic carbocycles. The van der Waals surface area contributed by atoms with E-state index >= 15 is 0 Å². The van der Waals surface area contributed by atoms with Gasteiger partial charge in [0.1, 0.15) is 28.0 Å². The summed E-state index contributed by atoms with van der Waals surface area (Å²) >= 11 is 11.3. The maximum Gasteiger partial charge on any atom is 0.257 e. The Bertz CT molecular complexity index is 389. The molecule has 0 saturated carbocycles. The second-order valence-electron chi connectivity index (χ2n) is 2.71. The number of amides is 1. The van der Waals surface area contributed by atoms with Crippen LogP contribution < -0.4 is 5.32 Å². The Kier molecular flexibility index (Phi) is 3.99. The van der Waals surface area contributed by atoms with Crippen molar-refractivity contribution in [3.05, 3.63) is 22.2 Å². The summed E-state index contributed by atoms with van der Waals surface area (Å²) in [7, 11) is 0. The third-order valence-corrected chi connectivity index (χ3v) is 2.05. The van der Waals surface area contributed by atoms with Crippen LogP contribution in [0.2, 0.25) is 10.3 Å². The Labute approximate surface area is 95.8 Å². The molecule has 15 heavy (non-hydrogen) atoms. The first-order valence-corrected chi connectivity index (χ1v) is 4.71. The predicted octanol–water partition coefficient (Wildman–Crippen LogP) is 1.10. The van der Waals surface area contributed by atoms with Gasteiger partial charge in [0.05, 0.1) is 6.54 Å². The Morgan fingerprint density at radius 1 is 1.33 bits per heavy atom. The van der Waals surface area contributed by atoms with E-state index < -0.39 is 5.91 Å². The van der Waals surface area contributed by atoms with Crippen LogP contribution >= 0.6 is 23.2 Å². The van der Waals surface area contributed by atoms with Crippen molar-refractivity contribution in [3.8, 4) is 0 Å². The van der Waals surface area contributed by atoms with E-state index in [1.54, 1.807) is 0 Å². The molecule has 0 fully saturated rings. The molecule has 0 atom stereocenters. The largest absolute Gasteiger partial charge is 0.345 e. The van der Waals surface area contributed by atoms with Gasteiger partial charge in [0.2, 0.25) is 0 Å². The van der Waals surface area contributed by atoms with Gasteiger partial charge in [-0.25, -0.2) is 9.97 Å². The molecule has 80 valence electrons. The molecule has 0 unspecified atom stereocenters. The summed E-state index contributed by atoms with van der Waals surface area (Å²) < 4.78 is 0. The van der Waals surface area contributed by atoms with Crippen molar-refractivity contribution in [2.45, 2.75) is 6.92 Å². The van der Waals surface area contributed by atoms with Crippen molar-refractivity contribution in [3.63, 3.8) is 0 Å². The number of hydrogen-bond donors (Lipinski definition) is 1. The summed E-state index contributed by atoms with van der Waals surface area (Å²) in [4.78, 5) is 29.3. The Morgan fingerprint density at radius 3 is 2.33 bits per heavy atom. The number of halogens is 2.